The lowest BCUT2D eigenvalue weighted by Crippen LogP contribution is -2.42. The van der Waals surface area contributed by atoms with Crippen molar-refractivity contribution >= 4 is 17.2 Å². The quantitative estimate of drug-likeness (QED) is 0.841. The first-order valence-corrected chi connectivity index (χ1v) is 8.28. The molecule has 3 heterocycles. The number of hydrogen-bond donors (Lipinski definition) is 2. The highest BCUT2D eigenvalue weighted by Gasteiger charge is 2.20. The molecule has 2 N–H and O–H groups in total. The second kappa shape index (κ2) is 6.93. The summed E-state index contributed by atoms with van der Waals surface area (Å²) in [6, 6.07) is 3.79. The Balaban J connectivity index is 1.77. The fraction of sp³-hybridized carbons (Fsp3) is 0.400. The van der Waals surface area contributed by atoms with E-state index >= 15 is 0 Å². The predicted octanol–water partition coefficient (Wildman–Crippen LogP) is 0.707. The van der Waals surface area contributed by atoms with E-state index in [1.807, 2.05) is 17.5 Å². The van der Waals surface area contributed by atoms with Crippen molar-refractivity contribution < 1.29 is 9.53 Å². The van der Waals surface area contributed by atoms with E-state index in [-0.39, 0.29) is 18.2 Å². The molecule has 8 heteroatoms. The molecule has 0 radical (unpaired) electrons. The summed E-state index contributed by atoms with van der Waals surface area (Å²) < 4.78 is 6.49. The first kappa shape index (κ1) is 15.7. The minimum atomic E-state index is -0.590. The van der Waals surface area contributed by atoms with Gasteiger partial charge in [-0.05, 0) is 24.3 Å². The Labute approximate surface area is 135 Å². The van der Waals surface area contributed by atoms with Crippen LogP contribution in [0.3, 0.4) is 0 Å². The Morgan fingerprint density at radius 1 is 1.48 bits per heavy atom. The van der Waals surface area contributed by atoms with Crippen molar-refractivity contribution in [3.8, 4) is 0 Å². The van der Waals surface area contributed by atoms with Crippen LogP contribution in [0, 0.1) is 0 Å². The molecule has 0 spiro atoms. The SMILES string of the molecule is O=C(NCc1cccs1)c1c[nH]c(=O)n(CC2CCCO2)c1=O. The maximum atomic E-state index is 12.4. The number of amides is 1. The zero-order chi connectivity index (χ0) is 16.2. The summed E-state index contributed by atoms with van der Waals surface area (Å²) in [4.78, 5) is 39.9. The number of aromatic amines is 1. The summed E-state index contributed by atoms with van der Waals surface area (Å²) >= 11 is 1.52. The second-order valence-electron chi connectivity index (χ2n) is 5.32. The van der Waals surface area contributed by atoms with Crippen molar-refractivity contribution in [1.82, 2.24) is 14.9 Å². The van der Waals surface area contributed by atoms with Crippen LogP contribution in [-0.2, 0) is 17.8 Å². The molecule has 7 nitrogen and oxygen atoms in total. The number of carbonyl (C=O) groups is 1. The summed E-state index contributed by atoms with van der Waals surface area (Å²) in [6.45, 7) is 1.15. The van der Waals surface area contributed by atoms with Gasteiger partial charge < -0.3 is 15.0 Å². The molecule has 2 aromatic heterocycles. The number of nitrogens with zero attached hydrogens (tertiary/aromatic N) is 1. The number of nitrogens with one attached hydrogen (secondary N) is 2. The number of rotatable bonds is 5. The van der Waals surface area contributed by atoms with Crippen LogP contribution < -0.4 is 16.6 Å². The van der Waals surface area contributed by atoms with E-state index in [1.54, 1.807) is 0 Å². The molecule has 1 saturated heterocycles. The van der Waals surface area contributed by atoms with Crippen molar-refractivity contribution in [1.29, 1.82) is 0 Å². The van der Waals surface area contributed by atoms with Crippen LogP contribution in [-0.4, -0.2) is 28.2 Å². The lowest BCUT2D eigenvalue weighted by Gasteiger charge is -2.11. The maximum absolute atomic E-state index is 12.4. The first-order chi connectivity index (χ1) is 11.1. The molecule has 23 heavy (non-hydrogen) atoms. The van der Waals surface area contributed by atoms with Crippen LogP contribution >= 0.6 is 11.3 Å². The van der Waals surface area contributed by atoms with Gasteiger partial charge in [0.1, 0.15) is 5.56 Å². The molecule has 1 atom stereocenters. The van der Waals surface area contributed by atoms with Crippen molar-refractivity contribution in [2.75, 3.05) is 6.61 Å². The van der Waals surface area contributed by atoms with Gasteiger partial charge in [0.05, 0.1) is 19.2 Å². The van der Waals surface area contributed by atoms with E-state index in [0.717, 1.165) is 22.3 Å². The standard InChI is InChI=1S/C15H17N3O4S/c19-13(16-7-11-4-2-6-23-11)12-8-17-15(21)18(14(12)20)9-10-3-1-5-22-10/h2,4,6,8,10H,1,3,5,7,9H2,(H,16,19)(H,17,21). The molecule has 1 aliphatic heterocycles. The number of carbonyl (C=O) groups excluding carboxylic acids is 1. The van der Waals surface area contributed by atoms with E-state index in [0.29, 0.717) is 13.2 Å². The van der Waals surface area contributed by atoms with Gasteiger partial charge >= 0.3 is 5.69 Å². The Kier molecular flexibility index (Phi) is 4.73. The van der Waals surface area contributed by atoms with E-state index in [9.17, 15) is 14.4 Å². The fourth-order valence-corrected chi connectivity index (χ4v) is 3.15. The third-order valence-electron chi connectivity index (χ3n) is 3.72. The highest BCUT2D eigenvalue weighted by atomic mass is 32.1. The van der Waals surface area contributed by atoms with Crippen LogP contribution in [0.5, 0.6) is 0 Å². The molecule has 1 amide bonds. The van der Waals surface area contributed by atoms with Gasteiger partial charge in [0, 0.05) is 17.7 Å². The topological polar surface area (TPSA) is 93.2 Å². The normalized spacial score (nSPS) is 17.3. The second-order valence-corrected chi connectivity index (χ2v) is 6.35. The van der Waals surface area contributed by atoms with Crippen molar-refractivity contribution in [3.63, 3.8) is 0 Å². The van der Waals surface area contributed by atoms with Crippen LogP contribution in [0.2, 0.25) is 0 Å². The number of ether oxygens (including phenoxy) is 1. The highest BCUT2D eigenvalue weighted by molar-refractivity contribution is 7.09. The third-order valence-corrected chi connectivity index (χ3v) is 4.60. The van der Waals surface area contributed by atoms with E-state index in [2.05, 4.69) is 10.3 Å². The predicted molar refractivity (Wildman–Crippen MR) is 85.8 cm³/mol. The smallest absolute Gasteiger partial charge is 0.328 e. The van der Waals surface area contributed by atoms with Crippen molar-refractivity contribution in [2.45, 2.75) is 32.0 Å². The van der Waals surface area contributed by atoms with Gasteiger partial charge in [-0.2, -0.15) is 0 Å². The molecule has 122 valence electrons. The van der Waals surface area contributed by atoms with E-state index in [1.165, 1.54) is 17.5 Å². The summed E-state index contributed by atoms with van der Waals surface area (Å²) in [5.41, 5.74) is -1.19. The van der Waals surface area contributed by atoms with Gasteiger partial charge in [0.25, 0.3) is 11.5 Å². The van der Waals surface area contributed by atoms with Crippen LogP contribution in [0.25, 0.3) is 0 Å². The molecule has 0 aromatic carbocycles. The molecule has 0 bridgehead atoms. The van der Waals surface area contributed by atoms with Crippen molar-refractivity contribution in [3.05, 3.63) is 55.0 Å². The Morgan fingerprint density at radius 2 is 2.35 bits per heavy atom. The molecule has 2 aromatic rings. The zero-order valence-electron chi connectivity index (χ0n) is 12.4. The lowest BCUT2D eigenvalue weighted by molar-refractivity contribution is 0.0922. The van der Waals surface area contributed by atoms with E-state index in [4.69, 9.17) is 4.74 Å². The molecule has 3 rings (SSSR count). The number of thiophene rings is 1. The molecule has 1 unspecified atom stereocenters. The van der Waals surface area contributed by atoms with Gasteiger partial charge in [-0.25, -0.2) is 4.79 Å². The summed E-state index contributed by atoms with van der Waals surface area (Å²) in [5, 5.41) is 4.60. The molecular weight excluding hydrogens is 318 g/mol. The Hall–Kier alpha value is -2.19. The lowest BCUT2D eigenvalue weighted by atomic mass is 10.2. The maximum Gasteiger partial charge on any atom is 0.328 e. The average molecular weight is 335 g/mol. The van der Waals surface area contributed by atoms with Gasteiger partial charge in [0.15, 0.2) is 0 Å². The third kappa shape index (κ3) is 3.59. The largest absolute Gasteiger partial charge is 0.376 e. The molecule has 0 saturated carbocycles. The molecule has 1 fully saturated rings. The average Bonchev–Trinajstić information content (AvgIpc) is 3.22. The van der Waals surface area contributed by atoms with Gasteiger partial charge in [-0.1, -0.05) is 6.07 Å². The van der Waals surface area contributed by atoms with Gasteiger partial charge in [-0.15, -0.1) is 11.3 Å². The minimum Gasteiger partial charge on any atom is -0.376 e. The number of H-pyrrole nitrogens is 1. The Bertz CT molecular complexity index is 788. The Morgan fingerprint density at radius 3 is 3.04 bits per heavy atom. The van der Waals surface area contributed by atoms with Crippen LogP contribution in [0.4, 0.5) is 0 Å². The van der Waals surface area contributed by atoms with Crippen LogP contribution in [0.15, 0.2) is 33.3 Å². The monoisotopic (exact) mass is 335 g/mol. The molecular formula is C15H17N3O4S. The molecule has 0 aliphatic carbocycles. The minimum absolute atomic E-state index is 0.0702. The number of hydrogen-bond acceptors (Lipinski definition) is 5. The number of aromatic nitrogens is 2. The summed E-state index contributed by atoms with van der Waals surface area (Å²) in [6.07, 6.45) is 2.73. The zero-order valence-corrected chi connectivity index (χ0v) is 13.2. The van der Waals surface area contributed by atoms with Crippen LogP contribution in [0.1, 0.15) is 28.1 Å². The van der Waals surface area contributed by atoms with Gasteiger partial charge in [-0.3, -0.25) is 14.2 Å². The van der Waals surface area contributed by atoms with Gasteiger partial charge in [0.2, 0.25) is 0 Å². The fourth-order valence-electron chi connectivity index (χ4n) is 2.51. The summed E-state index contributed by atoms with van der Waals surface area (Å²) in [5.74, 6) is -0.499. The van der Waals surface area contributed by atoms with Crippen molar-refractivity contribution in [2.24, 2.45) is 0 Å². The summed E-state index contributed by atoms with van der Waals surface area (Å²) in [7, 11) is 0. The highest BCUT2D eigenvalue weighted by Crippen LogP contribution is 2.12. The first-order valence-electron chi connectivity index (χ1n) is 7.40. The molecule has 1 aliphatic rings. The van der Waals surface area contributed by atoms with E-state index < -0.39 is 17.2 Å².